The van der Waals surface area contributed by atoms with Crippen LogP contribution in [0.2, 0.25) is 0 Å². The van der Waals surface area contributed by atoms with Crippen LogP contribution in [-0.2, 0) is 37.2 Å². The first-order valence-corrected chi connectivity index (χ1v) is 14.4. The van der Waals surface area contributed by atoms with E-state index in [2.05, 4.69) is 22.8 Å². The smallest absolute Gasteiger partial charge is 0.326 e. The van der Waals surface area contributed by atoms with Gasteiger partial charge >= 0.3 is 5.97 Å². The number of ether oxygens (including phenoxy) is 1. The molecule has 1 unspecified atom stereocenters. The first-order chi connectivity index (χ1) is 16.7. The number of carbonyl (C=O) groups is 2. The highest BCUT2D eigenvalue weighted by Gasteiger charge is 2.38. The zero-order valence-corrected chi connectivity index (χ0v) is 21.1. The van der Waals surface area contributed by atoms with Crippen molar-refractivity contribution < 1.29 is 27.9 Å². The van der Waals surface area contributed by atoms with Crippen LogP contribution >= 0.6 is 0 Å². The number of carboxylic acid groups (broad SMARTS) is 1. The van der Waals surface area contributed by atoms with Crippen molar-refractivity contribution in [3.63, 3.8) is 0 Å². The number of aliphatic carboxylic acids is 1. The Balaban J connectivity index is 1.15. The number of carbonyl (C=O) groups excluding carboxylic acids is 1. The molecule has 0 bridgehead atoms. The highest BCUT2D eigenvalue weighted by atomic mass is 32.2. The summed E-state index contributed by atoms with van der Waals surface area (Å²) in [6.45, 7) is 1.49. The maximum Gasteiger partial charge on any atom is 0.326 e. The fraction of sp³-hybridized carbons (Fsp3) is 0.708. The van der Waals surface area contributed by atoms with Crippen LogP contribution in [0.1, 0.15) is 56.2 Å². The summed E-state index contributed by atoms with van der Waals surface area (Å²) < 4.78 is 30.7. The molecule has 1 saturated carbocycles. The van der Waals surface area contributed by atoms with Gasteiger partial charge in [0, 0.05) is 31.8 Å². The molecule has 2 fully saturated rings. The van der Waals surface area contributed by atoms with Crippen LogP contribution in [0.25, 0.3) is 0 Å². The summed E-state index contributed by atoms with van der Waals surface area (Å²) in [5, 5.41) is 15.4. The van der Waals surface area contributed by atoms with Gasteiger partial charge in [0.05, 0.1) is 12.4 Å². The zero-order chi connectivity index (χ0) is 25.0. The number of aryl methyl sites for hydroxylation is 2. The van der Waals surface area contributed by atoms with Crippen molar-refractivity contribution in [2.45, 2.75) is 76.0 Å². The molecule has 2 aliphatic heterocycles. The molecule has 0 spiro atoms. The van der Waals surface area contributed by atoms with Gasteiger partial charge in [0.25, 0.3) is 0 Å². The molecule has 3 N–H and O–H groups in total. The standard InChI is InChI=1S/C24H36N4O6S/c1-35(32,33)28-12-3-5-21(28)23(29)27-20(24(30)31)10-13-34-19-14-16(15-19)6-8-18-9-7-17-4-2-11-25-22(17)26-18/h7,9,16,19-21H,2-6,8,10-15H2,1H3,(H,25,26)(H,27,29)(H,30,31)/t16?,19?,20?,21-/m0/s1. The van der Waals surface area contributed by atoms with Gasteiger partial charge < -0.3 is 20.5 Å². The molecule has 35 heavy (non-hydrogen) atoms. The quantitative estimate of drug-likeness (QED) is 0.409. The monoisotopic (exact) mass is 508 g/mol. The Kier molecular flexibility index (Phi) is 8.28. The predicted molar refractivity (Wildman–Crippen MR) is 131 cm³/mol. The van der Waals surface area contributed by atoms with E-state index in [1.165, 1.54) is 5.56 Å². The van der Waals surface area contributed by atoms with E-state index < -0.39 is 34.0 Å². The third-order valence-electron chi connectivity index (χ3n) is 7.26. The van der Waals surface area contributed by atoms with E-state index in [9.17, 15) is 23.1 Å². The number of pyridine rings is 1. The van der Waals surface area contributed by atoms with E-state index in [1.54, 1.807) is 0 Å². The molecule has 10 nitrogen and oxygen atoms in total. The number of nitrogens with one attached hydrogen (secondary N) is 2. The molecule has 1 aromatic rings. The molecule has 194 valence electrons. The van der Waals surface area contributed by atoms with Gasteiger partial charge in [-0.25, -0.2) is 18.2 Å². The normalized spacial score (nSPS) is 25.2. The third-order valence-corrected chi connectivity index (χ3v) is 8.55. The van der Waals surface area contributed by atoms with Gasteiger partial charge in [0.2, 0.25) is 15.9 Å². The fourth-order valence-corrected chi connectivity index (χ4v) is 6.31. The first-order valence-electron chi connectivity index (χ1n) is 12.5. The van der Waals surface area contributed by atoms with Gasteiger partial charge in [0.15, 0.2) is 0 Å². The highest BCUT2D eigenvalue weighted by molar-refractivity contribution is 7.88. The van der Waals surface area contributed by atoms with Gasteiger partial charge in [-0.05, 0) is 68.9 Å². The second-order valence-electron chi connectivity index (χ2n) is 9.93. The lowest BCUT2D eigenvalue weighted by atomic mass is 9.79. The van der Waals surface area contributed by atoms with Gasteiger partial charge in [-0.3, -0.25) is 4.79 Å². The van der Waals surface area contributed by atoms with Crippen LogP contribution in [0.4, 0.5) is 5.82 Å². The topological polar surface area (TPSA) is 138 Å². The first kappa shape index (κ1) is 25.8. The van der Waals surface area contributed by atoms with E-state index in [-0.39, 0.29) is 25.7 Å². The highest BCUT2D eigenvalue weighted by Crippen LogP contribution is 2.34. The number of anilines is 1. The minimum atomic E-state index is -3.52. The minimum absolute atomic E-state index is 0.110. The van der Waals surface area contributed by atoms with Crippen molar-refractivity contribution >= 4 is 27.7 Å². The Hall–Kier alpha value is -2.24. The molecular weight excluding hydrogens is 472 g/mol. The number of fused-ring (bicyclic) bond motifs is 1. The summed E-state index contributed by atoms with van der Waals surface area (Å²) in [4.78, 5) is 28.9. The maximum absolute atomic E-state index is 12.6. The lowest BCUT2D eigenvalue weighted by molar-refractivity contribution is -0.143. The molecule has 3 aliphatic rings. The Morgan fingerprint density at radius 1 is 1.31 bits per heavy atom. The minimum Gasteiger partial charge on any atom is -0.480 e. The van der Waals surface area contributed by atoms with Crippen LogP contribution in [0, 0.1) is 5.92 Å². The van der Waals surface area contributed by atoms with Crippen molar-refractivity contribution in [3.8, 4) is 0 Å². The third kappa shape index (κ3) is 6.71. The van der Waals surface area contributed by atoms with E-state index in [4.69, 9.17) is 9.72 Å². The number of carboxylic acids is 1. The van der Waals surface area contributed by atoms with Crippen LogP contribution in [-0.4, -0.2) is 78.8 Å². The Labute approximate surface area is 206 Å². The summed E-state index contributed by atoms with van der Waals surface area (Å²) in [7, 11) is -3.52. The molecule has 2 atom stereocenters. The van der Waals surface area contributed by atoms with Gasteiger partial charge in [-0.1, -0.05) is 6.07 Å². The van der Waals surface area contributed by atoms with Gasteiger partial charge in [0.1, 0.15) is 17.9 Å². The van der Waals surface area contributed by atoms with Gasteiger partial charge in [-0.2, -0.15) is 4.31 Å². The van der Waals surface area contributed by atoms with Crippen LogP contribution < -0.4 is 10.6 Å². The number of amides is 1. The zero-order valence-electron chi connectivity index (χ0n) is 20.2. The van der Waals surface area contributed by atoms with E-state index >= 15 is 0 Å². The molecule has 1 aliphatic carbocycles. The number of sulfonamides is 1. The van der Waals surface area contributed by atoms with Crippen LogP contribution in [0.15, 0.2) is 12.1 Å². The lowest BCUT2D eigenvalue weighted by Gasteiger charge is -2.35. The van der Waals surface area contributed by atoms with Crippen molar-refractivity contribution in [1.29, 1.82) is 0 Å². The lowest BCUT2D eigenvalue weighted by Crippen LogP contribution is -2.51. The molecule has 4 rings (SSSR count). The number of hydrogen-bond acceptors (Lipinski definition) is 7. The van der Waals surface area contributed by atoms with E-state index in [0.717, 1.165) is 67.1 Å². The maximum atomic E-state index is 12.6. The summed E-state index contributed by atoms with van der Waals surface area (Å²) in [6.07, 6.45) is 8.40. The molecule has 1 aromatic heterocycles. The van der Waals surface area contributed by atoms with Gasteiger partial charge in [-0.15, -0.1) is 0 Å². The molecule has 1 saturated heterocycles. The summed E-state index contributed by atoms with van der Waals surface area (Å²) in [5.41, 5.74) is 2.41. The second kappa shape index (κ2) is 11.2. The fourth-order valence-electron chi connectivity index (χ4n) is 5.18. The van der Waals surface area contributed by atoms with E-state index in [0.29, 0.717) is 18.8 Å². The van der Waals surface area contributed by atoms with Crippen molar-refractivity contribution in [2.24, 2.45) is 5.92 Å². The Bertz CT molecular complexity index is 1030. The number of hydrogen-bond donors (Lipinski definition) is 3. The van der Waals surface area contributed by atoms with E-state index in [1.807, 2.05) is 0 Å². The molecule has 11 heteroatoms. The predicted octanol–water partition coefficient (Wildman–Crippen LogP) is 1.55. The molecule has 0 aromatic carbocycles. The Morgan fingerprint density at radius 3 is 2.86 bits per heavy atom. The van der Waals surface area contributed by atoms with Crippen molar-refractivity contribution in [3.05, 3.63) is 23.4 Å². The largest absolute Gasteiger partial charge is 0.480 e. The van der Waals surface area contributed by atoms with Crippen LogP contribution in [0.5, 0.6) is 0 Å². The second-order valence-corrected chi connectivity index (χ2v) is 11.9. The average molecular weight is 509 g/mol. The summed E-state index contributed by atoms with van der Waals surface area (Å²) in [5.74, 6) is -0.106. The summed E-state index contributed by atoms with van der Waals surface area (Å²) in [6, 6.07) is 2.35. The summed E-state index contributed by atoms with van der Waals surface area (Å²) >= 11 is 0. The van der Waals surface area contributed by atoms with Crippen molar-refractivity contribution in [2.75, 3.05) is 31.3 Å². The average Bonchev–Trinajstić information content (AvgIpc) is 3.29. The number of nitrogens with zero attached hydrogens (tertiary/aromatic N) is 2. The van der Waals surface area contributed by atoms with Crippen molar-refractivity contribution in [1.82, 2.24) is 14.6 Å². The number of rotatable bonds is 11. The SMILES string of the molecule is CS(=O)(=O)N1CCC[C@H]1C(=O)NC(CCOC1CC(CCc2ccc3c(n2)NCCC3)C1)C(=O)O. The molecule has 0 radical (unpaired) electrons. The van der Waals surface area contributed by atoms with Crippen LogP contribution in [0.3, 0.4) is 0 Å². The molecule has 1 amide bonds. The number of aromatic nitrogens is 1. The molecule has 3 heterocycles. The molecular formula is C24H36N4O6S. The Morgan fingerprint density at radius 2 is 2.11 bits per heavy atom.